The van der Waals surface area contributed by atoms with Crippen LogP contribution in [0.5, 0.6) is 0 Å². The van der Waals surface area contributed by atoms with E-state index < -0.39 is 30.1 Å². The van der Waals surface area contributed by atoms with Gasteiger partial charge in [0.05, 0.1) is 5.92 Å². The second-order valence-corrected chi connectivity index (χ2v) is 9.52. The van der Waals surface area contributed by atoms with Gasteiger partial charge in [0.2, 0.25) is 5.91 Å². The van der Waals surface area contributed by atoms with Crippen molar-refractivity contribution in [2.24, 2.45) is 5.92 Å². The number of ether oxygens (including phenoxy) is 1. The molecule has 4 rings (SSSR count). The lowest BCUT2D eigenvalue weighted by Crippen LogP contribution is -2.56. The molecule has 1 aliphatic carbocycles. The summed E-state index contributed by atoms with van der Waals surface area (Å²) in [7, 11) is 0. The average Bonchev–Trinajstić information content (AvgIpc) is 3.18. The first-order valence-corrected chi connectivity index (χ1v) is 12.6. The fourth-order valence-corrected chi connectivity index (χ4v) is 5.43. The van der Waals surface area contributed by atoms with Crippen LogP contribution in [-0.2, 0) is 14.3 Å². The Hall–Kier alpha value is -3.35. The molecule has 2 aliphatic rings. The topological polar surface area (TPSA) is 95.9 Å². The number of aliphatic carboxylic acids is 1. The number of rotatable bonds is 8. The summed E-state index contributed by atoms with van der Waals surface area (Å²) >= 11 is 0. The number of fused-ring (bicyclic) bond motifs is 3. The quantitative estimate of drug-likeness (QED) is 0.568. The minimum Gasteiger partial charge on any atom is -0.481 e. The van der Waals surface area contributed by atoms with E-state index in [9.17, 15) is 19.5 Å². The maximum atomic E-state index is 13.4. The highest BCUT2D eigenvalue weighted by molar-refractivity contribution is 5.87. The summed E-state index contributed by atoms with van der Waals surface area (Å²) in [5.74, 6) is -1.76. The highest BCUT2D eigenvalue weighted by atomic mass is 16.5. The Morgan fingerprint density at radius 3 is 2.31 bits per heavy atom. The van der Waals surface area contributed by atoms with E-state index in [1.807, 2.05) is 31.2 Å². The van der Waals surface area contributed by atoms with Crippen LogP contribution in [0, 0.1) is 5.92 Å². The number of likely N-dealkylation sites (tertiary alicyclic amines) is 1. The van der Waals surface area contributed by atoms with E-state index in [1.54, 1.807) is 11.8 Å². The van der Waals surface area contributed by atoms with E-state index in [0.29, 0.717) is 25.8 Å². The van der Waals surface area contributed by atoms with Gasteiger partial charge in [-0.05, 0) is 48.4 Å². The molecular weight excluding hydrogens is 444 g/mol. The van der Waals surface area contributed by atoms with E-state index in [1.165, 1.54) is 0 Å². The molecule has 1 unspecified atom stereocenters. The van der Waals surface area contributed by atoms with Gasteiger partial charge in [0.15, 0.2) is 0 Å². The predicted octanol–water partition coefficient (Wildman–Crippen LogP) is 4.80. The Kier molecular flexibility index (Phi) is 7.73. The standard InChI is InChI=1S/C28H34N2O5/c1-3-4-15-25(26(31)30-16-9-14-19(18(30)2)27(32)33)29-28(34)35-17-24-22-12-7-5-10-20(22)21-11-6-8-13-23(21)24/h5-8,10-13,18-19,24-25H,3-4,9,14-17H2,1-2H3,(H,29,34)(H,32,33)/t18-,19-,25?/m1/s1. The second kappa shape index (κ2) is 10.9. The molecule has 35 heavy (non-hydrogen) atoms. The average molecular weight is 479 g/mol. The van der Waals surface area contributed by atoms with E-state index >= 15 is 0 Å². The van der Waals surface area contributed by atoms with Crippen LogP contribution in [0.4, 0.5) is 4.79 Å². The monoisotopic (exact) mass is 478 g/mol. The maximum absolute atomic E-state index is 13.4. The predicted molar refractivity (Wildman–Crippen MR) is 133 cm³/mol. The summed E-state index contributed by atoms with van der Waals surface area (Å²) in [4.78, 5) is 39.4. The zero-order chi connectivity index (χ0) is 24.9. The van der Waals surface area contributed by atoms with Crippen LogP contribution < -0.4 is 5.32 Å². The molecule has 7 heteroatoms. The van der Waals surface area contributed by atoms with Crippen LogP contribution in [0.2, 0.25) is 0 Å². The lowest BCUT2D eigenvalue weighted by molar-refractivity contribution is -0.149. The number of carboxylic acids is 1. The zero-order valence-corrected chi connectivity index (χ0v) is 20.4. The molecule has 0 saturated carbocycles. The number of nitrogens with zero attached hydrogens (tertiary/aromatic N) is 1. The Morgan fingerprint density at radius 1 is 1.09 bits per heavy atom. The number of carbonyl (C=O) groups is 3. The van der Waals surface area contributed by atoms with Gasteiger partial charge in [-0.15, -0.1) is 0 Å². The van der Waals surface area contributed by atoms with Crippen molar-refractivity contribution in [2.45, 2.75) is 64.0 Å². The number of nitrogens with one attached hydrogen (secondary N) is 1. The van der Waals surface area contributed by atoms with Gasteiger partial charge >= 0.3 is 12.1 Å². The van der Waals surface area contributed by atoms with Crippen molar-refractivity contribution >= 4 is 18.0 Å². The fourth-order valence-electron chi connectivity index (χ4n) is 5.43. The fraction of sp³-hybridized carbons (Fsp3) is 0.464. The molecule has 0 spiro atoms. The normalized spacial score (nSPS) is 20.0. The Balaban J connectivity index is 1.43. The summed E-state index contributed by atoms with van der Waals surface area (Å²) < 4.78 is 5.66. The third-order valence-electron chi connectivity index (χ3n) is 7.37. The summed E-state index contributed by atoms with van der Waals surface area (Å²) in [6.07, 6.45) is 2.70. The third-order valence-corrected chi connectivity index (χ3v) is 7.37. The molecule has 186 valence electrons. The van der Waals surface area contributed by atoms with Gasteiger partial charge in [-0.25, -0.2) is 4.79 Å². The summed E-state index contributed by atoms with van der Waals surface area (Å²) in [5.41, 5.74) is 4.56. The van der Waals surface area contributed by atoms with Crippen molar-refractivity contribution in [3.8, 4) is 11.1 Å². The lowest BCUT2D eigenvalue weighted by atomic mass is 9.89. The van der Waals surface area contributed by atoms with E-state index in [4.69, 9.17) is 4.74 Å². The number of carbonyl (C=O) groups excluding carboxylic acids is 2. The first-order valence-electron chi connectivity index (χ1n) is 12.6. The molecule has 1 saturated heterocycles. The number of hydrogen-bond acceptors (Lipinski definition) is 4. The molecule has 2 aromatic carbocycles. The molecule has 0 bridgehead atoms. The SMILES string of the molecule is CCCCC(NC(=O)OCC1c2ccccc2-c2ccccc21)C(=O)N1CCC[C@@H](C(=O)O)[C@H]1C. The molecule has 7 nitrogen and oxygen atoms in total. The number of benzene rings is 2. The van der Waals surface area contributed by atoms with E-state index in [0.717, 1.165) is 35.1 Å². The summed E-state index contributed by atoms with van der Waals surface area (Å²) in [6.45, 7) is 4.48. The molecule has 3 atom stereocenters. The van der Waals surface area contributed by atoms with Crippen molar-refractivity contribution in [1.82, 2.24) is 10.2 Å². The Morgan fingerprint density at radius 2 is 1.71 bits per heavy atom. The highest BCUT2D eigenvalue weighted by Gasteiger charge is 2.38. The smallest absolute Gasteiger partial charge is 0.407 e. The largest absolute Gasteiger partial charge is 0.481 e. The molecule has 1 aliphatic heterocycles. The first-order chi connectivity index (χ1) is 16.9. The molecule has 0 radical (unpaired) electrons. The van der Waals surface area contributed by atoms with Gasteiger partial charge < -0.3 is 20.1 Å². The molecule has 2 amide bonds. The molecule has 2 aromatic rings. The van der Waals surface area contributed by atoms with Crippen molar-refractivity contribution in [3.05, 3.63) is 59.7 Å². The van der Waals surface area contributed by atoms with Crippen molar-refractivity contribution in [1.29, 1.82) is 0 Å². The van der Waals surface area contributed by atoms with Gasteiger partial charge in [-0.3, -0.25) is 9.59 Å². The first kappa shape index (κ1) is 24.8. The van der Waals surface area contributed by atoms with Gasteiger partial charge in [0.25, 0.3) is 0 Å². The molecule has 2 N–H and O–H groups in total. The van der Waals surface area contributed by atoms with Crippen LogP contribution in [-0.4, -0.2) is 53.2 Å². The van der Waals surface area contributed by atoms with Gasteiger partial charge in [-0.1, -0.05) is 68.3 Å². The van der Waals surface area contributed by atoms with Gasteiger partial charge in [0.1, 0.15) is 12.6 Å². The number of hydrogen-bond donors (Lipinski definition) is 2. The summed E-state index contributed by atoms with van der Waals surface area (Å²) in [5, 5.41) is 12.3. The minimum atomic E-state index is -0.885. The molecular formula is C28H34N2O5. The van der Waals surface area contributed by atoms with Gasteiger partial charge in [0, 0.05) is 18.5 Å². The third kappa shape index (κ3) is 5.19. The van der Waals surface area contributed by atoms with E-state index in [2.05, 4.69) is 29.6 Å². The number of piperidine rings is 1. The van der Waals surface area contributed by atoms with Crippen molar-refractivity contribution in [3.63, 3.8) is 0 Å². The van der Waals surface area contributed by atoms with E-state index in [-0.39, 0.29) is 18.4 Å². The number of alkyl carbamates (subject to hydrolysis) is 1. The Bertz CT molecular complexity index is 1040. The highest BCUT2D eigenvalue weighted by Crippen LogP contribution is 2.44. The number of unbranched alkanes of at least 4 members (excludes halogenated alkanes) is 1. The Labute approximate surface area is 206 Å². The van der Waals surface area contributed by atoms with Gasteiger partial charge in [-0.2, -0.15) is 0 Å². The zero-order valence-electron chi connectivity index (χ0n) is 20.4. The van der Waals surface area contributed by atoms with Crippen molar-refractivity contribution in [2.75, 3.05) is 13.2 Å². The summed E-state index contributed by atoms with van der Waals surface area (Å²) in [6, 6.07) is 15.1. The van der Waals surface area contributed by atoms with Crippen LogP contribution in [0.15, 0.2) is 48.5 Å². The van der Waals surface area contributed by atoms with Crippen LogP contribution >= 0.6 is 0 Å². The van der Waals surface area contributed by atoms with Crippen LogP contribution in [0.25, 0.3) is 11.1 Å². The molecule has 0 aromatic heterocycles. The van der Waals surface area contributed by atoms with Crippen LogP contribution in [0.1, 0.15) is 63.0 Å². The number of carboxylic acid groups (broad SMARTS) is 1. The van der Waals surface area contributed by atoms with Crippen LogP contribution in [0.3, 0.4) is 0 Å². The molecule has 1 heterocycles. The minimum absolute atomic E-state index is 0.0589. The number of amides is 2. The molecule has 1 fully saturated rings. The second-order valence-electron chi connectivity index (χ2n) is 9.52. The maximum Gasteiger partial charge on any atom is 0.407 e. The van der Waals surface area contributed by atoms with Crippen molar-refractivity contribution < 1.29 is 24.2 Å². The lowest BCUT2D eigenvalue weighted by Gasteiger charge is -2.39.